The molecule has 0 radical (unpaired) electrons. The number of amides is 1. The van der Waals surface area contributed by atoms with E-state index in [1.807, 2.05) is 6.07 Å². The number of carboxylic acid groups (broad SMARTS) is 1. The van der Waals surface area contributed by atoms with Gasteiger partial charge in [-0.1, -0.05) is 37.3 Å². The van der Waals surface area contributed by atoms with Gasteiger partial charge in [-0.3, -0.25) is 4.79 Å². The molecule has 4 N–H and O–H groups in total. The summed E-state index contributed by atoms with van der Waals surface area (Å²) in [6, 6.07) is 7.94. The van der Waals surface area contributed by atoms with Gasteiger partial charge in [0.1, 0.15) is 11.6 Å². The van der Waals surface area contributed by atoms with Crippen LogP contribution in [0.4, 0.5) is 0 Å². The molecule has 2 atom stereocenters. The predicted octanol–water partition coefficient (Wildman–Crippen LogP) is 0.840. The molecular formula is C13H18N2O3. The maximum atomic E-state index is 12.0. The van der Waals surface area contributed by atoms with E-state index >= 15 is 0 Å². The molecule has 5 nitrogen and oxygen atoms in total. The summed E-state index contributed by atoms with van der Waals surface area (Å²) < 4.78 is 0. The number of hydrogen-bond donors (Lipinski definition) is 3. The van der Waals surface area contributed by atoms with Crippen molar-refractivity contribution < 1.29 is 14.7 Å². The SMILES string of the molecule is CCC(NC(=O)C(C)(N)c1ccccc1)C(=O)O. The molecule has 0 aliphatic carbocycles. The van der Waals surface area contributed by atoms with Gasteiger partial charge in [-0.2, -0.15) is 0 Å². The molecule has 0 saturated carbocycles. The lowest BCUT2D eigenvalue weighted by molar-refractivity contribution is -0.142. The summed E-state index contributed by atoms with van der Waals surface area (Å²) in [7, 11) is 0. The standard InChI is InChI=1S/C13H18N2O3/c1-3-10(11(16)17)15-12(18)13(2,14)9-7-5-4-6-8-9/h4-8,10H,3,14H2,1-2H3,(H,15,18)(H,16,17). The van der Waals surface area contributed by atoms with Crippen molar-refractivity contribution in [3.63, 3.8) is 0 Å². The summed E-state index contributed by atoms with van der Waals surface area (Å²) in [4.78, 5) is 22.9. The van der Waals surface area contributed by atoms with Gasteiger partial charge in [-0.15, -0.1) is 0 Å². The Morgan fingerprint density at radius 2 is 1.94 bits per heavy atom. The molecule has 0 saturated heterocycles. The van der Waals surface area contributed by atoms with Crippen LogP contribution in [0.2, 0.25) is 0 Å². The Morgan fingerprint density at radius 1 is 1.39 bits per heavy atom. The molecule has 98 valence electrons. The third-order valence-corrected chi connectivity index (χ3v) is 2.86. The molecule has 0 aliphatic rings. The van der Waals surface area contributed by atoms with E-state index in [0.717, 1.165) is 0 Å². The van der Waals surface area contributed by atoms with Crippen LogP contribution in [-0.4, -0.2) is 23.0 Å². The molecule has 1 amide bonds. The van der Waals surface area contributed by atoms with E-state index in [1.54, 1.807) is 38.1 Å². The van der Waals surface area contributed by atoms with Crippen molar-refractivity contribution in [2.75, 3.05) is 0 Å². The Hall–Kier alpha value is -1.88. The van der Waals surface area contributed by atoms with Crippen molar-refractivity contribution in [2.45, 2.75) is 31.8 Å². The number of rotatable bonds is 5. The van der Waals surface area contributed by atoms with Crippen molar-refractivity contribution in [1.29, 1.82) is 0 Å². The zero-order valence-electron chi connectivity index (χ0n) is 10.5. The zero-order chi connectivity index (χ0) is 13.8. The Morgan fingerprint density at radius 3 is 2.39 bits per heavy atom. The van der Waals surface area contributed by atoms with E-state index < -0.39 is 23.5 Å². The molecule has 0 bridgehead atoms. The minimum Gasteiger partial charge on any atom is -0.480 e. The number of nitrogens with one attached hydrogen (secondary N) is 1. The Labute approximate surface area is 106 Å². The molecule has 18 heavy (non-hydrogen) atoms. The maximum absolute atomic E-state index is 12.0. The highest BCUT2D eigenvalue weighted by atomic mass is 16.4. The number of benzene rings is 1. The molecule has 0 aromatic heterocycles. The number of hydrogen-bond acceptors (Lipinski definition) is 3. The van der Waals surface area contributed by atoms with Crippen LogP contribution in [0.3, 0.4) is 0 Å². The second-order valence-corrected chi connectivity index (χ2v) is 4.34. The second kappa shape index (κ2) is 5.64. The molecule has 1 aromatic rings. The van der Waals surface area contributed by atoms with Crippen LogP contribution < -0.4 is 11.1 Å². The maximum Gasteiger partial charge on any atom is 0.326 e. The van der Waals surface area contributed by atoms with Crippen LogP contribution in [0.5, 0.6) is 0 Å². The van der Waals surface area contributed by atoms with E-state index in [2.05, 4.69) is 5.32 Å². The minimum atomic E-state index is -1.25. The number of carbonyl (C=O) groups excluding carboxylic acids is 1. The molecule has 2 unspecified atom stereocenters. The third kappa shape index (κ3) is 3.07. The average molecular weight is 250 g/mol. The number of aliphatic carboxylic acids is 1. The fourth-order valence-electron chi connectivity index (χ4n) is 1.56. The highest BCUT2D eigenvalue weighted by molar-refractivity contribution is 5.90. The largest absolute Gasteiger partial charge is 0.480 e. The van der Waals surface area contributed by atoms with Gasteiger partial charge in [0.2, 0.25) is 5.91 Å². The quantitative estimate of drug-likeness (QED) is 0.722. The van der Waals surface area contributed by atoms with E-state index in [9.17, 15) is 9.59 Å². The monoisotopic (exact) mass is 250 g/mol. The molecule has 1 rings (SSSR count). The van der Waals surface area contributed by atoms with Crippen LogP contribution in [0.15, 0.2) is 30.3 Å². The van der Waals surface area contributed by atoms with Crippen LogP contribution in [0.25, 0.3) is 0 Å². The van der Waals surface area contributed by atoms with Gasteiger partial charge in [-0.25, -0.2) is 4.79 Å². The van der Waals surface area contributed by atoms with Gasteiger partial charge in [0.25, 0.3) is 0 Å². The van der Waals surface area contributed by atoms with Crippen molar-refractivity contribution in [1.82, 2.24) is 5.32 Å². The molecule has 1 aromatic carbocycles. The van der Waals surface area contributed by atoms with Crippen molar-refractivity contribution in [2.24, 2.45) is 5.73 Å². The zero-order valence-corrected chi connectivity index (χ0v) is 10.5. The third-order valence-electron chi connectivity index (χ3n) is 2.86. The lowest BCUT2D eigenvalue weighted by Crippen LogP contribution is -2.53. The fourth-order valence-corrected chi connectivity index (χ4v) is 1.56. The second-order valence-electron chi connectivity index (χ2n) is 4.34. The molecular weight excluding hydrogens is 232 g/mol. The van der Waals surface area contributed by atoms with Gasteiger partial charge < -0.3 is 16.2 Å². The molecule has 5 heteroatoms. The summed E-state index contributed by atoms with van der Waals surface area (Å²) in [5.41, 5.74) is 5.38. The summed E-state index contributed by atoms with van der Waals surface area (Å²) in [6.45, 7) is 3.25. The summed E-state index contributed by atoms with van der Waals surface area (Å²) >= 11 is 0. The number of carbonyl (C=O) groups is 2. The van der Waals surface area contributed by atoms with Gasteiger partial charge >= 0.3 is 5.97 Å². The molecule has 0 heterocycles. The predicted molar refractivity (Wildman–Crippen MR) is 67.8 cm³/mol. The molecule has 0 spiro atoms. The lowest BCUT2D eigenvalue weighted by Gasteiger charge is -2.26. The van der Waals surface area contributed by atoms with Crippen molar-refractivity contribution in [3.05, 3.63) is 35.9 Å². The highest BCUT2D eigenvalue weighted by Gasteiger charge is 2.32. The summed E-state index contributed by atoms with van der Waals surface area (Å²) in [6.07, 6.45) is 0.311. The van der Waals surface area contributed by atoms with Gasteiger partial charge in [-0.05, 0) is 18.9 Å². The normalized spacial score (nSPS) is 15.5. The van der Waals surface area contributed by atoms with Gasteiger partial charge in [0.15, 0.2) is 0 Å². The fraction of sp³-hybridized carbons (Fsp3) is 0.385. The first-order chi connectivity index (χ1) is 8.39. The lowest BCUT2D eigenvalue weighted by atomic mass is 9.92. The molecule has 0 aliphatic heterocycles. The number of carboxylic acids is 1. The first-order valence-corrected chi connectivity index (χ1v) is 5.77. The highest BCUT2D eigenvalue weighted by Crippen LogP contribution is 2.17. The van der Waals surface area contributed by atoms with Crippen molar-refractivity contribution in [3.8, 4) is 0 Å². The van der Waals surface area contributed by atoms with E-state index in [0.29, 0.717) is 12.0 Å². The van der Waals surface area contributed by atoms with E-state index in [4.69, 9.17) is 10.8 Å². The van der Waals surface area contributed by atoms with Gasteiger partial charge in [0.05, 0.1) is 0 Å². The molecule has 0 fully saturated rings. The van der Waals surface area contributed by atoms with E-state index in [1.165, 1.54) is 0 Å². The van der Waals surface area contributed by atoms with E-state index in [-0.39, 0.29) is 0 Å². The topological polar surface area (TPSA) is 92.4 Å². The first-order valence-electron chi connectivity index (χ1n) is 5.77. The van der Waals surface area contributed by atoms with Crippen LogP contribution in [0, 0.1) is 0 Å². The Bertz CT molecular complexity index is 429. The summed E-state index contributed by atoms with van der Waals surface area (Å²) in [5.74, 6) is -1.56. The van der Waals surface area contributed by atoms with Crippen LogP contribution >= 0.6 is 0 Å². The minimum absolute atomic E-state index is 0.311. The van der Waals surface area contributed by atoms with Gasteiger partial charge in [0, 0.05) is 0 Å². The smallest absolute Gasteiger partial charge is 0.326 e. The van der Waals surface area contributed by atoms with Crippen molar-refractivity contribution >= 4 is 11.9 Å². The Balaban J connectivity index is 2.86. The van der Waals surface area contributed by atoms with Crippen LogP contribution in [-0.2, 0) is 15.1 Å². The number of nitrogens with two attached hydrogens (primary N) is 1. The average Bonchev–Trinajstić information content (AvgIpc) is 2.36. The summed E-state index contributed by atoms with van der Waals surface area (Å²) in [5, 5.41) is 11.3. The first kappa shape index (κ1) is 14.2. The Kier molecular flexibility index (Phi) is 4.44. The van der Waals surface area contributed by atoms with Crippen LogP contribution in [0.1, 0.15) is 25.8 Å².